The van der Waals surface area contributed by atoms with Gasteiger partial charge in [-0.15, -0.1) is 0 Å². The minimum absolute atomic E-state index is 0.115. The van der Waals surface area contributed by atoms with Gasteiger partial charge in [0, 0.05) is 24.5 Å². The Morgan fingerprint density at radius 2 is 2.00 bits per heavy atom. The van der Waals surface area contributed by atoms with Crippen LogP contribution >= 0.6 is 11.6 Å². The minimum atomic E-state index is -0.819. The molecule has 0 spiro atoms. The van der Waals surface area contributed by atoms with E-state index in [4.69, 9.17) is 16.7 Å². The van der Waals surface area contributed by atoms with Gasteiger partial charge in [0.1, 0.15) is 0 Å². The summed E-state index contributed by atoms with van der Waals surface area (Å²) >= 11 is 5.98. The molecule has 1 unspecified atom stereocenters. The van der Waals surface area contributed by atoms with Gasteiger partial charge in [0.25, 0.3) is 0 Å². The molecule has 1 aromatic carbocycles. The number of nitrogens with one attached hydrogen (secondary N) is 2. The smallest absolute Gasteiger partial charge is 0.315 e. The minimum Gasteiger partial charge on any atom is -0.481 e. The molecule has 6 heteroatoms. The van der Waals surface area contributed by atoms with Gasteiger partial charge in [0.15, 0.2) is 0 Å². The zero-order valence-electron chi connectivity index (χ0n) is 11.4. The van der Waals surface area contributed by atoms with Crippen molar-refractivity contribution in [2.75, 3.05) is 6.54 Å². The lowest BCUT2D eigenvalue weighted by Gasteiger charge is -2.12. The Morgan fingerprint density at radius 1 is 1.30 bits per heavy atom. The van der Waals surface area contributed by atoms with E-state index in [1.807, 2.05) is 25.1 Å². The number of carboxylic acids is 1. The zero-order valence-corrected chi connectivity index (χ0v) is 12.1. The van der Waals surface area contributed by atoms with E-state index < -0.39 is 5.97 Å². The molecule has 0 saturated carbocycles. The average molecular weight is 299 g/mol. The Hall–Kier alpha value is -1.75. The lowest BCUT2D eigenvalue weighted by Crippen LogP contribution is -2.37. The lowest BCUT2D eigenvalue weighted by atomic mass is 10.1. The summed E-state index contributed by atoms with van der Waals surface area (Å²) in [5.74, 6) is -0.697. The second kappa shape index (κ2) is 8.43. The molecule has 0 bridgehead atoms. The third-order valence-corrected chi connectivity index (χ3v) is 3.23. The number of carbonyl (C=O) groups is 2. The topological polar surface area (TPSA) is 78.4 Å². The van der Waals surface area contributed by atoms with Gasteiger partial charge in [-0.2, -0.15) is 0 Å². The van der Waals surface area contributed by atoms with Crippen LogP contribution in [0.15, 0.2) is 24.3 Å². The summed E-state index contributed by atoms with van der Waals surface area (Å²) in [6, 6.07) is 7.01. The van der Waals surface area contributed by atoms with Crippen LogP contribution in [0.25, 0.3) is 0 Å². The van der Waals surface area contributed by atoms with Crippen molar-refractivity contribution < 1.29 is 14.7 Å². The molecule has 0 saturated heterocycles. The molecular weight excluding hydrogens is 280 g/mol. The van der Waals surface area contributed by atoms with E-state index in [2.05, 4.69) is 10.6 Å². The normalized spacial score (nSPS) is 11.7. The maximum Gasteiger partial charge on any atom is 0.315 e. The lowest BCUT2D eigenvalue weighted by molar-refractivity contribution is -0.137. The first-order valence-corrected chi connectivity index (χ1v) is 6.83. The Balaban J connectivity index is 2.24. The van der Waals surface area contributed by atoms with Gasteiger partial charge in [0.2, 0.25) is 0 Å². The molecule has 0 aliphatic rings. The number of amides is 2. The first-order chi connectivity index (χ1) is 9.49. The largest absolute Gasteiger partial charge is 0.481 e. The van der Waals surface area contributed by atoms with Gasteiger partial charge < -0.3 is 15.7 Å². The third kappa shape index (κ3) is 6.43. The van der Waals surface area contributed by atoms with Crippen molar-refractivity contribution in [1.29, 1.82) is 0 Å². The Kier molecular flexibility index (Phi) is 6.87. The van der Waals surface area contributed by atoms with Crippen LogP contribution in [0.4, 0.5) is 4.79 Å². The fourth-order valence-electron chi connectivity index (χ4n) is 1.62. The molecule has 3 N–H and O–H groups in total. The Morgan fingerprint density at radius 3 is 2.65 bits per heavy atom. The molecule has 110 valence electrons. The van der Waals surface area contributed by atoms with E-state index in [0.29, 0.717) is 24.5 Å². The van der Waals surface area contributed by atoms with Crippen LogP contribution in [0.1, 0.15) is 25.3 Å². The highest BCUT2D eigenvalue weighted by molar-refractivity contribution is 6.31. The van der Waals surface area contributed by atoms with Crippen LogP contribution in [-0.2, 0) is 11.3 Å². The molecule has 0 fully saturated rings. The van der Waals surface area contributed by atoms with Crippen LogP contribution in [0.5, 0.6) is 0 Å². The summed E-state index contributed by atoms with van der Waals surface area (Å²) in [6.45, 7) is 2.70. The summed E-state index contributed by atoms with van der Waals surface area (Å²) < 4.78 is 0. The van der Waals surface area contributed by atoms with Crippen molar-refractivity contribution in [3.8, 4) is 0 Å². The van der Waals surface area contributed by atoms with Crippen molar-refractivity contribution in [2.45, 2.75) is 26.3 Å². The number of rotatable bonds is 7. The van der Waals surface area contributed by atoms with Gasteiger partial charge in [-0.1, -0.05) is 36.7 Å². The van der Waals surface area contributed by atoms with E-state index >= 15 is 0 Å². The van der Waals surface area contributed by atoms with E-state index in [0.717, 1.165) is 5.56 Å². The molecule has 1 aromatic rings. The van der Waals surface area contributed by atoms with E-state index in [9.17, 15) is 9.59 Å². The molecule has 0 aromatic heterocycles. The molecule has 0 aliphatic heterocycles. The molecule has 0 aliphatic carbocycles. The summed E-state index contributed by atoms with van der Waals surface area (Å²) in [5.41, 5.74) is 0.850. The molecule has 1 rings (SSSR count). The average Bonchev–Trinajstić information content (AvgIpc) is 2.42. The standard InChI is InChI=1S/C14H19ClN2O3/c1-10(6-7-13(18)19)8-16-14(20)17-9-11-4-2-3-5-12(11)15/h2-5,10H,6-9H2,1H3,(H,18,19)(H2,16,17,20). The van der Waals surface area contributed by atoms with Gasteiger partial charge in [0.05, 0.1) is 0 Å². The number of benzene rings is 1. The highest BCUT2D eigenvalue weighted by Crippen LogP contribution is 2.14. The second-order valence-electron chi connectivity index (χ2n) is 4.69. The number of hydrogen-bond acceptors (Lipinski definition) is 2. The monoisotopic (exact) mass is 298 g/mol. The van der Waals surface area contributed by atoms with Gasteiger partial charge >= 0.3 is 12.0 Å². The van der Waals surface area contributed by atoms with Crippen LogP contribution < -0.4 is 10.6 Å². The molecule has 0 radical (unpaired) electrons. The molecule has 5 nitrogen and oxygen atoms in total. The third-order valence-electron chi connectivity index (χ3n) is 2.86. The predicted octanol–water partition coefficient (Wildman–Crippen LogP) is 2.64. The van der Waals surface area contributed by atoms with Gasteiger partial charge in [-0.05, 0) is 24.0 Å². The number of aliphatic carboxylic acids is 1. The number of carbonyl (C=O) groups excluding carboxylic acids is 1. The van der Waals surface area contributed by atoms with Gasteiger partial charge in [-0.25, -0.2) is 4.79 Å². The van der Waals surface area contributed by atoms with E-state index in [1.165, 1.54) is 0 Å². The fourth-order valence-corrected chi connectivity index (χ4v) is 1.82. The Labute approximate surface area is 123 Å². The molecule has 1 atom stereocenters. The highest BCUT2D eigenvalue weighted by Gasteiger charge is 2.08. The molecule has 20 heavy (non-hydrogen) atoms. The van der Waals surface area contributed by atoms with Crippen molar-refractivity contribution >= 4 is 23.6 Å². The molecule has 2 amide bonds. The number of carboxylic acid groups (broad SMARTS) is 1. The second-order valence-corrected chi connectivity index (χ2v) is 5.10. The number of urea groups is 1. The summed E-state index contributed by atoms with van der Waals surface area (Å²) in [7, 11) is 0. The van der Waals surface area contributed by atoms with Crippen molar-refractivity contribution in [1.82, 2.24) is 10.6 Å². The summed E-state index contributed by atoms with van der Waals surface area (Å²) in [5, 5.41) is 14.6. The Bertz CT molecular complexity index is 465. The van der Waals surface area contributed by atoms with Crippen molar-refractivity contribution in [3.63, 3.8) is 0 Å². The summed E-state index contributed by atoms with van der Waals surface area (Å²) in [6.07, 6.45) is 0.657. The SMILES string of the molecule is CC(CCC(=O)O)CNC(=O)NCc1ccccc1Cl. The number of halogens is 1. The summed E-state index contributed by atoms with van der Waals surface area (Å²) in [4.78, 5) is 22.0. The van der Waals surface area contributed by atoms with Crippen molar-refractivity contribution in [3.05, 3.63) is 34.9 Å². The zero-order chi connectivity index (χ0) is 15.0. The number of hydrogen-bond donors (Lipinski definition) is 3. The van der Waals surface area contributed by atoms with Crippen LogP contribution in [0.3, 0.4) is 0 Å². The first-order valence-electron chi connectivity index (χ1n) is 6.46. The van der Waals surface area contributed by atoms with Crippen LogP contribution in [-0.4, -0.2) is 23.7 Å². The van der Waals surface area contributed by atoms with Gasteiger partial charge in [-0.3, -0.25) is 4.79 Å². The highest BCUT2D eigenvalue weighted by atomic mass is 35.5. The van der Waals surface area contributed by atoms with E-state index in [1.54, 1.807) is 6.07 Å². The predicted molar refractivity (Wildman–Crippen MR) is 77.7 cm³/mol. The first kappa shape index (κ1) is 16.3. The maximum atomic E-state index is 11.6. The van der Waals surface area contributed by atoms with Crippen molar-refractivity contribution in [2.24, 2.45) is 5.92 Å². The molecular formula is C14H19ClN2O3. The van der Waals surface area contributed by atoms with Crippen LogP contribution in [0.2, 0.25) is 5.02 Å². The maximum absolute atomic E-state index is 11.6. The quantitative estimate of drug-likeness (QED) is 0.724. The molecule has 0 heterocycles. The van der Waals surface area contributed by atoms with E-state index in [-0.39, 0.29) is 18.4 Å². The fraction of sp³-hybridized carbons (Fsp3) is 0.429. The van der Waals surface area contributed by atoms with Crippen LogP contribution in [0, 0.1) is 5.92 Å².